The van der Waals surface area contributed by atoms with Crippen LogP contribution in [0.25, 0.3) is 0 Å². The SMILES string of the molecule is N#CC(F)=CC=CCCC1CCC(C=CC2CCC(c3ccc(C#N)cc3)CC2)CC1. The van der Waals surface area contributed by atoms with Crippen molar-refractivity contribution >= 4 is 0 Å². The van der Waals surface area contributed by atoms with E-state index in [9.17, 15) is 4.39 Å². The molecule has 2 fully saturated rings. The van der Waals surface area contributed by atoms with E-state index in [2.05, 4.69) is 30.4 Å². The summed E-state index contributed by atoms with van der Waals surface area (Å²) in [6.07, 6.45) is 22.2. The maximum absolute atomic E-state index is 12.7. The first-order valence-corrected chi connectivity index (χ1v) is 11.8. The van der Waals surface area contributed by atoms with Gasteiger partial charge in [-0.3, -0.25) is 0 Å². The van der Waals surface area contributed by atoms with Crippen LogP contribution in [-0.2, 0) is 0 Å². The predicted octanol–water partition coefficient (Wildman–Crippen LogP) is 7.91. The lowest BCUT2D eigenvalue weighted by molar-refractivity contribution is 0.295. The van der Waals surface area contributed by atoms with Gasteiger partial charge in [-0.2, -0.15) is 14.9 Å². The van der Waals surface area contributed by atoms with Gasteiger partial charge in [0.1, 0.15) is 6.07 Å². The van der Waals surface area contributed by atoms with Gasteiger partial charge in [-0.1, -0.05) is 36.4 Å². The van der Waals surface area contributed by atoms with Crippen LogP contribution in [0.3, 0.4) is 0 Å². The van der Waals surface area contributed by atoms with Gasteiger partial charge in [-0.05, 0) is 112 Å². The van der Waals surface area contributed by atoms with Gasteiger partial charge in [0.05, 0.1) is 11.6 Å². The minimum absolute atomic E-state index is 0.647. The Bertz CT molecular complexity index is 850. The van der Waals surface area contributed by atoms with Crippen molar-refractivity contribution < 1.29 is 4.39 Å². The second kappa shape index (κ2) is 12.3. The van der Waals surface area contributed by atoms with Gasteiger partial charge >= 0.3 is 0 Å². The van der Waals surface area contributed by atoms with E-state index in [-0.39, 0.29) is 0 Å². The van der Waals surface area contributed by atoms with Crippen LogP contribution >= 0.6 is 0 Å². The molecule has 0 amide bonds. The summed E-state index contributed by atoms with van der Waals surface area (Å²) in [5.74, 6) is 2.15. The Morgan fingerprint density at radius 2 is 1.52 bits per heavy atom. The highest BCUT2D eigenvalue weighted by atomic mass is 19.1. The van der Waals surface area contributed by atoms with Crippen LogP contribution in [0, 0.1) is 40.4 Å². The maximum atomic E-state index is 12.7. The standard InChI is InChI=1S/C28H33FN2/c29-28(21-31)5-3-1-2-4-22-6-8-23(9-7-22)10-11-24-12-16-26(17-13-24)27-18-14-25(20-30)15-19-27/h1,3,5,10-11,14-15,18-19,22-24,26H,2,4,6-9,12-13,16-17H2. The van der Waals surface area contributed by atoms with Crippen molar-refractivity contribution in [2.45, 2.75) is 70.1 Å². The Kier molecular flexibility index (Phi) is 9.11. The second-order valence-corrected chi connectivity index (χ2v) is 9.14. The van der Waals surface area contributed by atoms with Crippen molar-refractivity contribution in [2.75, 3.05) is 0 Å². The Morgan fingerprint density at radius 1 is 0.903 bits per heavy atom. The molecule has 3 rings (SSSR count). The third-order valence-electron chi connectivity index (χ3n) is 7.06. The number of hydrogen-bond acceptors (Lipinski definition) is 2. The smallest absolute Gasteiger partial charge is 0.195 e. The van der Waals surface area contributed by atoms with Gasteiger partial charge in [0.2, 0.25) is 0 Å². The zero-order chi connectivity index (χ0) is 21.9. The molecule has 2 aliphatic carbocycles. The van der Waals surface area contributed by atoms with Gasteiger partial charge in [0, 0.05) is 0 Å². The molecule has 0 aromatic heterocycles. The highest BCUT2D eigenvalue weighted by Gasteiger charge is 2.22. The summed E-state index contributed by atoms with van der Waals surface area (Å²) >= 11 is 0. The van der Waals surface area contributed by atoms with Gasteiger partial charge in [0.25, 0.3) is 0 Å². The van der Waals surface area contributed by atoms with Crippen LogP contribution in [0.4, 0.5) is 4.39 Å². The second-order valence-electron chi connectivity index (χ2n) is 9.14. The Morgan fingerprint density at radius 3 is 2.10 bits per heavy atom. The van der Waals surface area contributed by atoms with Gasteiger partial charge in [0.15, 0.2) is 5.83 Å². The number of rotatable bonds is 7. The molecule has 0 N–H and O–H groups in total. The molecular weight excluding hydrogens is 383 g/mol. The van der Waals surface area contributed by atoms with E-state index in [1.807, 2.05) is 18.2 Å². The summed E-state index contributed by atoms with van der Waals surface area (Å²) in [5.41, 5.74) is 2.13. The lowest BCUT2D eigenvalue weighted by Crippen LogP contribution is -2.14. The lowest BCUT2D eigenvalue weighted by atomic mass is 9.77. The van der Waals surface area contributed by atoms with E-state index in [1.54, 1.807) is 6.08 Å². The minimum Gasteiger partial charge on any atom is -0.195 e. The average Bonchev–Trinajstić information content (AvgIpc) is 2.83. The fourth-order valence-electron chi connectivity index (χ4n) is 5.08. The summed E-state index contributed by atoms with van der Waals surface area (Å²) < 4.78 is 12.7. The molecule has 2 nitrogen and oxygen atoms in total. The van der Waals surface area contributed by atoms with Crippen LogP contribution in [0.1, 0.15) is 81.3 Å². The zero-order valence-corrected chi connectivity index (χ0v) is 18.3. The molecule has 0 heterocycles. The highest BCUT2D eigenvalue weighted by Crippen LogP contribution is 2.37. The lowest BCUT2D eigenvalue weighted by Gasteiger charge is -2.29. The van der Waals surface area contributed by atoms with E-state index in [4.69, 9.17) is 10.5 Å². The van der Waals surface area contributed by atoms with Gasteiger partial charge < -0.3 is 0 Å². The molecule has 0 unspecified atom stereocenters. The van der Waals surface area contributed by atoms with Crippen molar-refractivity contribution in [1.82, 2.24) is 0 Å². The molecule has 0 aliphatic heterocycles. The number of benzene rings is 1. The first kappa shape index (κ1) is 23.0. The van der Waals surface area contributed by atoms with Crippen molar-refractivity contribution in [1.29, 1.82) is 10.5 Å². The van der Waals surface area contributed by atoms with Crippen molar-refractivity contribution in [2.24, 2.45) is 17.8 Å². The van der Waals surface area contributed by atoms with Crippen molar-refractivity contribution in [3.05, 3.63) is 71.6 Å². The molecule has 31 heavy (non-hydrogen) atoms. The van der Waals surface area contributed by atoms with Gasteiger partial charge in [-0.25, -0.2) is 0 Å². The predicted molar refractivity (Wildman–Crippen MR) is 124 cm³/mol. The third-order valence-corrected chi connectivity index (χ3v) is 7.06. The first-order chi connectivity index (χ1) is 15.2. The zero-order valence-electron chi connectivity index (χ0n) is 18.3. The Balaban J connectivity index is 1.33. The number of halogens is 1. The molecule has 0 saturated heterocycles. The minimum atomic E-state index is -0.730. The molecule has 162 valence electrons. The number of hydrogen-bond donors (Lipinski definition) is 0. The summed E-state index contributed by atoms with van der Waals surface area (Å²) in [5, 5.41) is 17.3. The molecule has 0 spiro atoms. The molecule has 3 heteroatoms. The average molecular weight is 417 g/mol. The third kappa shape index (κ3) is 7.52. The number of nitriles is 2. The largest absolute Gasteiger partial charge is 0.199 e. The van der Waals surface area contributed by atoms with E-state index in [0.717, 1.165) is 36.2 Å². The quantitative estimate of drug-likeness (QED) is 0.257. The van der Waals surface area contributed by atoms with Crippen LogP contribution < -0.4 is 0 Å². The Hall–Kier alpha value is -2.65. The summed E-state index contributed by atoms with van der Waals surface area (Å²) in [6.45, 7) is 0. The van der Waals surface area contributed by atoms with E-state index in [0.29, 0.717) is 5.92 Å². The summed E-state index contributed by atoms with van der Waals surface area (Å²) in [4.78, 5) is 0. The van der Waals surface area contributed by atoms with Crippen molar-refractivity contribution in [3.63, 3.8) is 0 Å². The summed E-state index contributed by atoms with van der Waals surface area (Å²) in [6, 6.07) is 11.8. The van der Waals surface area contributed by atoms with Crippen LogP contribution in [-0.4, -0.2) is 0 Å². The molecule has 1 aromatic carbocycles. The summed E-state index contributed by atoms with van der Waals surface area (Å²) in [7, 11) is 0. The highest BCUT2D eigenvalue weighted by molar-refractivity contribution is 5.33. The fourth-order valence-corrected chi connectivity index (χ4v) is 5.08. The number of allylic oxidation sites excluding steroid dienone is 6. The fraction of sp³-hybridized carbons (Fsp3) is 0.500. The molecule has 1 aromatic rings. The van der Waals surface area contributed by atoms with Crippen LogP contribution in [0.5, 0.6) is 0 Å². The maximum Gasteiger partial charge on any atom is 0.199 e. The Labute approximate surface area is 186 Å². The number of nitrogens with zero attached hydrogens (tertiary/aromatic N) is 2. The van der Waals surface area contributed by atoms with E-state index >= 15 is 0 Å². The topological polar surface area (TPSA) is 47.6 Å². The van der Waals surface area contributed by atoms with E-state index in [1.165, 1.54) is 69.1 Å². The van der Waals surface area contributed by atoms with E-state index < -0.39 is 5.83 Å². The first-order valence-electron chi connectivity index (χ1n) is 11.8. The normalized spacial score (nSPS) is 27.3. The molecule has 2 aliphatic rings. The molecule has 0 atom stereocenters. The van der Waals surface area contributed by atoms with Crippen LogP contribution in [0.15, 0.2) is 60.5 Å². The monoisotopic (exact) mass is 416 g/mol. The van der Waals surface area contributed by atoms with Crippen molar-refractivity contribution in [3.8, 4) is 12.1 Å². The molecule has 0 bridgehead atoms. The molecule has 0 radical (unpaired) electrons. The molecular formula is C28H33FN2. The van der Waals surface area contributed by atoms with Gasteiger partial charge in [-0.15, -0.1) is 0 Å². The van der Waals surface area contributed by atoms with Crippen LogP contribution in [0.2, 0.25) is 0 Å². The molecule has 2 saturated carbocycles.